The van der Waals surface area contributed by atoms with Crippen molar-refractivity contribution in [2.24, 2.45) is 11.8 Å². The highest BCUT2D eigenvalue weighted by molar-refractivity contribution is 5.93. The number of hydrogen-bond acceptors (Lipinski definition) is 3. The van der Waals surface area contributed by atoms with E-state index >= 15 is 0 Å². The van der Waals surface area contributed by atoms with E-state index in [-0.39, 0.29) is 11.8 Å². The van der Waals surface area contributed by atoms with Gasteiger partial charge in [0.1, 0.15) is 5.75 Å². The van der Waals surface area contributed by atoms with E-state index in [1.807, 2.05) is 42.5 Å². The van der Waals surface area contributed by atoms with Crippen LogP contribution in [0.4, 0.5) is 5.69 Å². The number of piperidine rings is 1. The molecule has 1 saturated carbocycles. The summed E-state index contributed by atoms with van der Waals surface area (Å²) in [6.45, 7) is 3.23. The Balaban J connectivity index is 1.36. The van der Waals surface area contributed by atoms with Crippen LogP contribution in [0.3, 0.4) is 0 Å². The lowest BCUT2D eigenvalue weighted by atomic mass is 9.96. The zero-order chi connectivity index (χ0) is 18.6. The Morgan fingerprint density at radius 3 is 2.67 bits per heavy atom. The first-order chi connectivity index (χ1) is 13.2. The lowest BCUT2D eigenvalue weighted by molar-refractivity contribution is -0.121. The number of carbonyl (C=O) groups excluding carboxylic acids is 1. The predicted molar refractivity (Wildman–Crippen MR) is 109 cm³/mol. The fraction of sp³-hybridized carbons (Fsp3) is 0.435. The minimum atomic E-state index is 0.107. The molecule has 2 fully saturated rings. The van der Waals surface area contributed by atoms with E-state index in [4.69, 9.17) is 4.74 Å². The Morgan fingerprint density at radius 2 is 1.93 bits per heavy atom. The molecule has 4 rings (SSSR count). The number of amides is 1. The molecule has 0 spiro atoms. The Morgan fingerprint density at radius 1 is 1.11 bits per heavy atom. The Hall–Kier alpha value is -2.33. The average molecular weight is 364 g/mol. The first kappa shape index (κ1) is 18.1. The molecule has 27 heavy (non-hydrogen) atoms. The maximum atomic E-state index is 12.7. The minimum Gasteiger partial charge on any atom is -0.497 e. The van der Waals surface area contributed by atoms with Crippen molar-refractivity contribution in [3.63, 3.8) is 0 Å². The molecule has 2 aromatic rings. The van der Waals surface area contributed by atoms with E-state index in [2.05, 4.69) is 16.3 Å². The van der Waals surface area contributed by atoms with Gasteiger partial charge in [-0.2, -0.15) is 0 Å². The van der Waals surface area contributed by atoms with Gasteiger partial charge in [-0.3, -0.25) is 4.79 Å². The van der Waals surface area contributed by atoms with Crippen LogP contribution in [0.15, 0.2) is 48.5 Å². The molecule has 4 heteroatoms. The van der Waals surface area contributed by atoms with Gasteiger partial charge in [-0.05, 0) is 73.5 Å². The molecule has 2 aromatic carbocycles. The molecule has 1 heterocycles. The molecule has 0 radical (unpaired) electrons. The van der Waals surface area contributed by atoms with Crippen LogP contribution in [0.25, 0.3) is 11.1 Å². The highest BCUT2D eigenvalue weighted by Crippen LogP contribution is 2.31. The molecule has 4 nitrogen and oxygen atoms in total. The van der Waals surface area contributed by atoms with Gasteiger partial charge < -0.3 is 15.0 Å². The van der Waals surface area contributed by atoms with Gasteiger partial charge in [0, 0.05) is 18.8 Å². The Bertz CT molecular complexity index is 783. The van der Waals surface area contributed by atoms with Crippen molar-refractivity contribution < 1.29 is 9.53 Å². The molecule has 142 valence electrons. The highest BCUT2D eigenvalue weighted by Gasteiger charge is 2.30. The molecule has 0 unspecified atom stereocenters. The van der Waals surface area contributed by atoms with E-state index in [1.54, 1.807) is 7.11 Å². The number of nitrogens with zero attached hydrogens (tertiary/aromatic N) is 1. The molecule has 1 aliphatic carbocycles. The van der Waals surface area contributed by atoms with Crippen molar-refractivity contribution in [3.8, 4) is 16.9 Å². The molecular formula is C23H28N2O2. The smallest absolute Gasteiger partial charge is 0.228 e. The van der Waals surface area contributed by atoms with Gasteiger partial charge in [0.05, 0.1) is 13.0 Å². The summed E-state index contributed by atoms with van der Waals surface area (Å²) in [5.74, 6) is 1.99. The van der Waals surface area contributed by atoms with Gasteiger partial charge in [-0.1, -0.05) is 24.3 Å². The third-order valence-electron chi connectivity index (χ3n) is 5.65. The molecular weight excluding hydrogens is 336 g/mol. The molecule has 1 N–H and O–H groups in total. The minimum absolute atomic E-state index is 0.107. The van der Waals surface area contributed by atoms with E-state index < -0.39 is 0 Å². The summed E-state index contributed by atoms with van der Waals surface area (Å²) in [6, 6.07) is 16.1. The summed E-state index contributed by atoms with van der Waals surface area (Å²) in [5.41, 5.74) is 3.08. The molecule has 1 atom stereocenters. The topological polar surface area (TPSA) is 41.6 Å². The van der Waals surface area contributed by atoms with Crippen LogP contribution in [-0.2, 0) is 4.79 Å². The number of carbonyl (C=O) groups is 1. The quantitative estimate of drug-likeness (QED) is 0.825. The van der Waals surface area contributed by atoms with Gasteiger partial charge in [0.15, 0.2) is 0 Å². The van der Waals surface area contributed by atoms with Crippen LogP contribution in [0, 0.1) is 11.8 Å². The lowest BCUT2D eigenvalue weighted by Gasteiger charge is -2.32. The first-order valence-electron chi connectivity index (χ1n) is 9.99. The second-order valence-electron chi connectivity index (χ2n) is 7.84. The van der Waals surface area contributed by atoms with Gasteiger partial charge in [0.2, 0.25) is 5.91 Å². The molecule has 0 bridgehead atoms. The van der Waals surface area contributed by atoms with E-state index in [9.17, 15) is 4.79 Å². The summed E-state index contributed by atoms with van der Waals surface area (Å²) in [7, 11) is 1.68. The lowest BCUT2D eigenvalue weighted by Crippen LogP contribution is -2.41. The van der Waals surface area contributed by atoms with Crippen LogP contribution in [-0.4, -0.2) is 37.6 Å². The predicted octanol–water partition coefficient (Wildman–Crippen LogP) is 4.42. The molecule has 1 aliphatic heterocycles. The Labute approximate surface area is 161 Å². The van der Waals surface area contributed by atoms with E-state index in [1.165, 1.54) is 19.4 Å². The number of hydrogen-bond donors (Lipinski definition) is 1. The van der Waals surface area contributed by atoms with Crippen LogP contribution in [0.1, 0.15) is 25.7 Å². The van der Waals surface area contributed by atoms with Crippen LogP contribution in [0.2, 0.25) is 0 Å². The fourth-order valence-corrected chi connectivity index (χ4v) is 3.89. The zero-order valence-electron chi connectivity index (χ0n) is 16.0. The second kappa shape index (κ2) is 8.13. The summed E-state index contributed by atoms with van der Waals surface area (Å²) in [6.07, 6.45) is 4.86. The SMILES string of the molecule is COc1cccc(-c2ccc(NC(=O)[C@@H]3CCCN(CC4CC4)C3)cc2)c1. The summed E-state index contributed by atoms with van der Waals surface area (Å²) < 4.78 is 5.30. The normalized spacial score (nSPS) is 20.3. The van der Waals surface area contributed by atoms with E-state index in [0.29, 0.717) is 0 Å². The standard InChI is InChI=1S/C23H28N2O2/c1-27-22-6-2-4-19(14-22)18-9-11-21(12-10-18)24-23(26)20-5-3-13-25(16-20)15-17-7-8-17/h2,4,6,9-12,14,17,20H,3,5,7-8,13,15-16H2,1H3,(H,24,26)/t20-/m1/s1. The maximum Gasteiger partial charge on any atom is 0.228 e. The largest absolute Gasteiger partial charge is 0.497 e. The van der Waals surface area contributed by atoms with Crippen molar-refractivity contribution in [1.82, 2.24) is 4.90 Å². The van der Waals surface area contributed by atoms with Gasteiger partial charge in [-0.25, -0.2) is 0 Å². The summed E-state index contributed by atoms with van der Waals surface area (Å²) in [4.78, 5) is 15.2. The number of nitrogens with one attached hydrogen (secondary N) is 1. The maximum absolute atomic E-state index is 12.7. The highest BCUT2D eigenvalue weighted by atomic mass is 16.5. The number of rotatable bonds is 6. The molecule has 0 aromatic heterocycles. The number of ether oxygens (including phenoxy) is 1. The molecule has 1 saturated heterocycles. The second-order valence-corrected chi connectivity index (χ2v) is 7.84. The third-order valence-corrected chi connectivity index (χ3v) is 5.65. The van der Waals surface area contributed by atoms with Gasteiger partial charge in [-0.15, -0.1) is 0 Å². The fourth-order valence-electron chi connectivity index (χ4n) is 3.89. The monoisotopic (exact) mass is 364 g/mol. The van der Waals surface area contributed by atoms with Crippen molar-refractivity contribution in [2.45, 2.75) is 25.7 Å². The van der Waals surface area contributed by atoms with Crippen LogP contribution in [0.5, 0.6) is 5.75 Å². The third kappa shape index (κ3) is 4.69. The number of methoxy groups -OCH3 is 1. The molecule has 1 amide bonds. The number of likely N-dealkylation sites (tertiary alicyclic amines) is 1. The van der Waals surface area contributed by atoms with Crippen molar-refractivity contribution in [1.29, 1.82) is 0 Å². The Kier molecular flexibility index (Phi) is 5.44. The number of benzene rings is 2. The summed E-state index contributed by atoms with van der Waals surface area (Å²) >= 11 is 0. The first-order valence-corrected chi connectivity index (χ1v) is 9.99. The molecule has 2 aliphatic rings. The summed E-state index contributed by atoms with van der Waals surface area (Å²) in [5, 5.41) is 3.11. The zero-order valence-corrected chi connectivity index (χ0v) is 16.0. The van der Waals surface area contributed by atoms with Gasteiger partial charge >= 0.3 is 0 Å². The van der Waals surface area contributed by atoms with Crippen molar-refractivity contribution in [3.05, 3.63) is 48.5 Å². The van der Waals surface area contributed by atoms with Crippen LogP contribution >= 0.6 is 0 Å². The van der Waals surface area contributed by atoms with Crippen molar-refractivity contribution >= 4 is 11.6 Å². The average Bonchev–Trinajstić information content (AvgIpc) is 3.53. The van der Waals surface area contributed by atoms with Gasteiger partial charge in [0.25, 0.3) is 0 Å². The van der Waals surface area contributed by atoms with E-state index in [0.717, 1.165) is 54.4 Å². The van der Waals surface area contributed by atoms with Crippen molar-refractivity contribution in [2.75, 3.05) is 32.1 Å². The number of anilines is 1. The van der Waals surface area contributed by atoms with Crippen LogP contribution < -0.4 is 10.1 Å².